The van der Waals surface area contributed by atoms with Crippen molar-refractivity contribution >= 4 is 10.9 Å². The van der Waals surface area contributed by atoms with E-state index in [4.69, 9.17) is 4.98 Å². The summed E-state index contributed by atoms with van der Waals surface area (Å²) in [6, 6.07) is 10.9. The molecule has 108 valence electrons. The Kier molecular flexibility index (Phi) is 3.45. The molecule has 0 aliphatic rings. The molecule has 2 heterocycles. The van der Waals surface area contributed by atoms with Crippen LogP contribution < -0.4 is 0 Å². The first-order valence-electron chi connectivity index (χ1n) is 7.37. The fourth-order valence-electron chi connectivity index (χ4n) is 2.29. The highest BCUT2D eigenvalue weighted by molar-refractivity contribution is 5.81. The molecule has 4 heteroatoms. The molecule has 3 rings (SSSR count). The largest absolute Gasteiger partial charge is 0.249 e. The van der Waals surface area contributed by atoms with E-state index in [0.717, 1.165) is 16.9 Å². The molecular weight excluding hydrogens is 260 g/mol. The first-order valence-corrected chi connectivity index (χ1v) is 7.37. The molecule has 3 aromatic rings. The summed E-state index contributed by atoms with van der Waals surface area (Å²) in [7, 11) is 0. The summed E-state index contributed by atoms with van der Waals surface area (Å²) < 4.78 is 1.85. The number of fused-ring (bicyclic) bond motifs is 1. The van der Waals surface area contributed by atoms with Crippen molar-refractivity contribution < 1.29 is 0 Å². The van der Waals surface area contributed by atoms with E-state index in [1.165, 1.54) is 10.9 Å². The average Bonchev–Trinajstić information content (AvgIpc) is 2.96. The van der Waals surface area contributed by atoms with Crippen molar-refractivity contribution in [2.24, 2.45) is 0 Å². The molecule has 0 fully saturated rings. The molecule has 0 N–H and O–H groups in total. The number of hydrogen-bond donors (Lipinski definition) is 0. The molecule has 0 aliphatic heterocycles. The van der Waals surface area contributed by atoms with Gasteiger partial charge in [-0.3, -0.25) is 0 Å². The van der Waals surface area contributed by atoms with E-state index >= 15 is 0 Å². The van der Waals surface area contributed by atoms with Gasteiger partial charge in [0.1, 0.15) is 5.69 Å². The van der Waals surface area contributed by atoms with Gasteiger partial charge in [0, 0.05) is 11.4 Å². The summed E-state index contributed by atoms with van der Waals surface area (Å²) in [6.07, 6.45) is 1.95. The predicted octanol–water partition coefficient (Wildman–Crippen LogP) is 4.20. The predicted molar refractivity (Wildman–Crippen MR) is 85.2 cm³/mol. The Bertz CT molecular complexity index is 771. The Morgan fingerprint density at radius 3 is 2.43 bits per heavy atom. The van der Waals surface area contributed by atoms with Crippen LogP contribution in [0.3, 0.4) is 0 Å². The first kappa shape index (κ1) is 13.7. The van der Waals surface area contributed by atoms with Crippen LogP contribution in [0.2, 0.25) is 0 Å². The Balaban J connectivity index is 2.02. The van der Waals surface area contributed by atoms with Crippen molar-refractivity contribution in [3.8, 4) is 11.4 Å². The van der Waals surface area contributed by atoms with E-state index < -0.39 is 0 Å². The van der Waals surface area contributed by atoms with Crippen molar-refractivity contribution in [3.63, 3.8) is 0 Å². The highest BCUT2D eigenvalue weighted by Gasteiger charge is 2.09. The van der Waals surface area contributed by atoms with Crippen molar-refractivity contribution in [1.29, 1.82) is 0 Å². The second-order valence-electron chi connectivity index (χ2n) is 5.98. The van der Waals surface area contributed by atoms with E-state index in [1.54, 1.807) is 0 Å². The lowest BCUT2D eigenvalue weighted by Crippen LogP contribution is -2.00. The monoisotopic (exact) mass is 280 g/mol. The van der Waals surface area contributed by atoms with Crippen LogP contribution in [-0.2, 0) is 0 Å². The van der Waals surface area contributed by atoms with Crippen molar-refractivity contribution in [1.82, 2.24) is 20.0 Å². The van der Waals surface area contributed by atoms with Gasteiger partial charge in [-0.2, -0.15) is 0 Å². The van der Waals surface area contributed by atoms with Crippen LogP contribution in [0.1, 0.15) is 45.2 Å². The summed E-state index contributed by atoms with van der Waals surface area (Å²) in [4.78, 5) is 4.70. The second-order valence-corrected chi connectivity index (χ2v) is 5.98. The standard InChI is InChI=1S/C17H20N4/c1-11(2)13-5-7-15-14(9-13)6-8-16(18-15)17-10-21(12(3)4)20-19-17/h5-12H,1-4H3. The summed E-state index contributed by atoms with van der Waals surface area (Å²) in [5, 5.41) is 9.51. The zero-order valence-electron chi connectivity index (χ0n) is 12.9. The summed E-state index contributed by atoms with van der Waals surface area (Å²) in [5.74, 6) is 0.528. The van der Waals surface area contributed by atoms with Crippen LogP contribution in [0.25, 0.3) is 22.3 Å². The number of pyridine rings is 1. The molecule has 4 nitrogen and oxygen atoms in total. The molecule has 2 aromatic heterocycles. The lowest BCUT2D eigenvalue weighted by atomic mass is 10.0. The van der Waals surface area contributed by atoms with Gasteiger partial charge < -0.3 is 0 Å². The van der Waals surface area contributed by atoms with E-state index in [0.29, 0.717) is 12.0 Å². The van der Waals surface area contributed by atoms with Gasteiger partial charge in [0.2, 0.25) is 0 Å². The molecule has 0 saturated heterocycles. The molecular formula is C17H20N4. The Hall–Kier alpha value is -2.23. The minimum atomic E-state index is 0.306. The maximum Gasteiger partial charge on any atom is 0.131 e. The number of hydrogen-bond acceptors (Lipinski definition) is 3. The summed E-state index contributed by atoms with van der Waals surface area (Å²) >= 11 is 0. The van der Waals surface area contributed by atoms with Gasteiger partial charge in [-0.15, -0.1) is 5.10 Å². The summed E-state index contributed by atoms with van der Waals surface area (Å²) in [6.45, 7) is 8.57. The van der Waals surface area contributed by atoms with E-state index in [1.807, 2.05) is 16.9 Å². The van der Waals surface area contributed by atoms with Crippen LogP contribution >= 0.6 is 0 Å². The normalized spacial score (nSPS) is 11.7. The van der Waals surface area contributed by atoms with E-state index in [2.05, 4.69) is 62.3 Å². The SMILES string of the molecule is CC(C)c1ccc2nc(-c3cn(C(C)C)nn3)ccc2c1. The fourth-order valence-corrected chi connectivity index (χ4v) is 2.29. The maximum atomic E-state index is 4.70. The molecule has 0 amide bonds. The Morgan fingerprint density at radius 2 is 1.76 bits per heavy atom. The minimum Gasteiger partial charge on any atom is -0.249 e. The number of benzene rings is 1. The van der Waals surface area contributed by atoms with Gasteiger partial charge in [-0.25, -0.2) is 9.67 Å². The quantitative estimate of drug-likeness (QED) is 0.722. The smallest absolute Gasteiger partial charge is 0.131 e. The second kappa shape index (κ2) is 5.28. The highest BCUT2D eigenvalue weighted by Crippen LogP contribution is 2.23. The third-order valence-electron chi connectivity index (χ3n) is 3.68. The number of rotatable bonds is 3. The molecule has 1 aromatic carbocycles. The highest BCUT2D eigenvalue weighted by atomic mass is 15.4. The fraction of sp³-hybridized carbons (Fsp3) is 0.353. The first-order chi connectivity index (χ1) is 10.0. The Labute approximate surface area is 124 Å². The lowest BCUT2D eigenvalue weighted by Gasteiger charge is -2.07. The molecule has 21 heavy (non-hydrogen) atoms. The molecule has 0 unspecified atom stereocenters. The van der Waals surface area contributed by atoms with Crippen LogP contribution in [0.4, 0.5) is 0 Å². The van der Waals surface area contributed by atoms with Crippen LogP contribution in [0.15, 0.2) is 36.5 Å². The zero-order valence-corrected chi connectivity index (χ0v) is 12.9. The van der Waals surface area contributed by atoms with Crippen LogP contribution in [-0.4, -0.2) is 20.0 Å². The topological polar surface area (TPSA) is 43.6 Å². The zero-order chi connectivity index (χ0) is 15.0. The van der Waals surface area contributed by atoms with Crippen molar-refractivity contribution in [2.75, 3.05) is 0 Å². The van der Waals surface area contributed by atoms with Gasteiger partial charge in [0.25, 0.3) is 0 Å². The molecule has 0 saturated carbocycles. The van der Waals surface area contributed by atoms with E-state index in [-0.39, 0.29) is 0 Å². The van der Waals surface area contributed by atoms with Crippen molar-refractivity contribution in [2.45, 2.75) is 39.7 Å². The van der Waals surface area contributed by atoms with Crippen LogP contribution in [0, 0.1) is 0 Å². The van der Waals surface area contributed by atoms with Gasteiger partial charge in [-0.05, 0) is 43.5 Å². The summed E-state index contributed by atoms with van der Waals surface area (Å²) in [5.41, 5.74) is 4.02. The van der Waals surface area contributed by atoms with Crippen LogP contribution in [0.5, 0.6) is 0 Å². The van der Waals surface area contributed by atoms with Crippen molar-refractivity contribution in [3.05, 3.63) is 42.1 Å². The van der Waals surface area contributed by atoms with Gasteiger partial charge in [0.05, 0.1) is 17.4 Å². The molecule has 0 aliphatic carbocycles. The minimum absolute atomic E-state index is 0.306. The van der Waals surface area contributed by atoms with E-state index in [9.17, 15) is 0 Å². The molecule has 0 spiro atoms. The third-order valence-corrected chi connectivity index (χ3v) is 3.68. The Morgan fingerprint density at radius 1 is 0.952 bits per heavy atom. The average molecular weight is 280 g/mol. The molecule has 0 radical (unpaired) electrons. The molecule has 0 atom stereocenters. The third kappa shape index (κ3) is 2.66. The van der Waals surface area contributed by atoms with Gasteiger partial charge in [-0.1, -0.05) is 31.2 Å². The van der Waals surface area contributed by atoms with Gasteiger partial charge >= 0.3 is 0 Å². The van der Waals surface area contributed by atoms with Gasteiger partial charge in [0.15, 0.2) is 0 Å². The number of nitrogens with zero attached hydrogens (tertiary/aromatic N) is 4. The molecule has 0 bridgehead atoms. The maximum absolute atomic E-state index is 4.70. The lowest BCUT2D eigenvalue weighted by molar-refractivity contribution is 0.514. The number of aromatic nitrogens is 4.